The van der Waals surface area contributed by atoms with Gasteiger partial charge in [0.05, 0.1) is 11.6 Å². The SMILES string of the molecule is CC(C)NC(=O)N1C[C@H]2CC[C@@H]1CN(C(=O)c1cccnc1)C2. The highest BCUT2D eigenvalue weighted by Gasteiger charge is 2.38. The van der Waals surface area contributed by atoms with Crippen LogP contribution in [0.25, 0.3) is 0 Å². The van der Waals surface area contributed by atoms with Crippen molar-refractivity contribution in [2.75, 3.05) is 19.6 Å². The number of amides is 3. The zero-order chi connectivity index (χ0) is 16.4. The summed E-state index contributed by atoms with van der Waals surface area (Å²) in [4.78, 5) is 32.9. The van der Waals surface area contributed by atoms with Gasteiger partial charge in [-0.2, -0.15) is 0 Å². The maximum Gasteiger partial charge on any atom is 0.317 e. The fraction of sp³-hybridized carbons (Fsp3) is 0.588. The Morgan fingerprint density at radius 2 is 2.09 bits per heavy atom. The number of fused-ring (bicyclic) bond motifs is 4. The molecule has 3 aliphatic rings. The Bertz CT molecular complexity index is 575. The predicted octanol–water partition coefficient (Wildman–Crippen LogP) is 1.74. The molecule has 3 aliphatic heterocycles. The maximum absolute atomic E-state index is 12.7. The van der Waals surface area contributed by atoms with Crippen molar-refractivity contribution in [1.29, 1.82) is 0 Å². The molecule has 2 atom stereocenters. The van der Waals surface area contributed by atoms with Gasteiger partial charge in [-0.1, -0.05) is 0 Å². The van der Waals surface area contributed by atoms with E-state index in [1.54, 1.807) is 24.5 Å². The second-order valence-electron chi connectivity index (χ2n) is 6.81. The van der Waals surface area contributed by atoms with Crippen LogP contribution in [0.4, 0.5) is 4.79 Å². The molecule has 0 spiro atoms. The van der Waals surface area contributed by atoms with Gasteiger partial charge in [0.2, 0.25) is 0 Å². The van der Waals surface area contributed by atoms with Crippen LogP contribution in [-0.2, 0) is 0 Å². The van der Waals surface area contributed by atoms with Crippen molar-refractivity contribution in [3.8, 4) is 0 Å². The Morgan fingerprint density at radius 1 is 1.26 bits per heavy atom. The normalized spacial score (nSPS) is 23.8. The standard InChI is InChI=1S/C17H24N4O2/c1-12(2)19-17(23)21-10-13-5-6-15(21)11-20(9-13)16(22)14-4-3-7-18-8-14/h3-4,7-8,12-13,15H,5-6,9-11H2,1-2H3,(H,19,23)/t13-,15+/m0/s1. The summed E-state index contributed by atoms with van der Waals surface area (Å²) in [5, 5.41) is 2.97. The molecule has 0 saturated carbocycles. The number of carbonyl (C=O) groups excluding carboxylic acids is 2. The van der Waals surface area contributed by atoms with Crippen LogP contribution >= 0.6 is 0 Å². The van der Waals surface area contributed by atoms with E-state index in [0.717, 1.165) is 25.9 Å². The van der Waals surface area contributed by atoms with Gasteiger partial charge in [0.1, 0.15) is 0 Å². The highest BCUT2D eigenvalue weighted by molar-refractivity contribution is 5.94. The first-order valence-corrected chi connectivity index (χ1v) is 8.31. The quantitative estimate of drug-likeness (QED) is 0.904. The number of piperidine rings is 1. The summed E-state index contributed by atoms with van der Waals surface area (Å²) in [7, 11) is 0. The minimum Gasteiger partial charge on any atom is -0.336 e. The second-order valence-corrected chi connectivity index (χ2v) is 6.81. The average Bonchev–Trinajstić information content (AvgIpc) is 2.86. The van der Waals surface area contributed by atoms with E-state index < -0.39 is 0 Å². The number of pyridine rings is 1. The molecule has 4 rings (SSSR count). The molecule has 6 heteroatoms. The molecule has 0 aromatic carbocycles. The van der Waals surface area contributed by atoms with Crippen molar-refractivity contribution >= 4 is 11.9 Å². The summed E-state index contributed by atoms with van der Waals surface area (Å²) in [5.41, 5.74) is 0.618. The zero-order valence-corrected chi connectivity index (χ0v) is 13.7. The summed E-state index contributed by atoms with van der Waals surface area (Å²) in [6.07, 6.45) is 5.32. The summed E-state index contributed by atoms with van der Waals surface area (Å²) in [6.45, 7) is 5.99. The van der Waals surface area contributed by atoms with Gasteiger partial charge in [-0.15, -0.1) is 0 Å². The molecular weight excluding hydrogens is 292 g/mol. The molecule has 23 heavy (non-hydrogen) atoms. The van der Waals surface area contributed by atoms with Crippen LogP contribution < -0.4 is 5.32 Å². The van der Waals surface area contributed by atoms with Gasteiger partial charge in [0.15, 0.2) is 0 Å². The minimum atomic E-state index is -0.00891. The third-order valence-corrected chi connectivity index (χ3v) is 4.58. The van der Waals surface area contributed by atoms with Crippen molar-refractivity contribution in [2.24, 2.45) is 5.92 Å². The fourth-order valence-electron chi connectivity index (χ4n) is 3.50. The van der Waals surface area contributed by atoms with Crippen LogP contribution in [0.1, 0.15) is 37.0 Å². The number of carbonyl (C=O) groups is 2. The van der Waals surface area contributed by atoms with Gasteiger partial charge in [0.25, 0.3) is 5.91 Å². The van der Waals surface area contributed by atoms with Gasteiger partial charge in [-0.3, -0.25) is 9.78 Å². The Balaban J connectivity index is 1.74. The molecule has 4 heterocycles. The number of rotatable bonds is 2. The number of aromatic nitrogens is 1. The minimum absolute atomic E-state index is 0.00891. The lowest BCUT2D eigenvalue weighted by Crippen LogP contribution is -2.52. The highest BCUT2D eigenvalue weighted by atomic mass is 16.2. The van der Waals surface area contributed by atoms with Crippen LogP contribution in [0.5, 0.6) is 0 Å². The third-order valence-electron chi connectivity index (χ3n) is 4.58. The number of hydrogen-bond acceptors (Lipinski definition) is 3. The summed E-state index contributed by atoms with van der Waals surface area (Å²) in [5.74, 6) is 0.369. The van der Waals surface area contributed by atoms with Crippen LogP contribution in [0.2, 0.25) is 0 Å². The number of hydrogen-bond donors (Lipinski definition) is 1. The monoisotopic (exact) mass is 316 g/mol. The Kier molecular flexibility index (Phi) is 4.50. The van der Waals surface area contributed by atoms with Crippen molar-refractivity contribution < 1.29 is 9.59 Å². The van der Waals surface area contributed by atoms with Crippen LogP contribution in [0, 0.1) is 5.92 Å². The zero-order valence-electron chi connectivity index (χ0n) is 13.7. The molecule has 6 nitrogen and oxygen atoms in total. The van der Waals surface area contributed by atoms with Gasteiger partial charge in [0, 0.05) is 38.1 Å². The molecule has 3 saturated heterocycles. The fourth-order valence-corrected chi connectivity index (χ4v) is 3.50. The number of urea groups is 1. The summed E-state index contributed by atoms with van der Waals surface area (Å²) < 4.78 is 0. The molecule has 0 radical (unpaired) electrons. The first-order valence-electron chi connectivity index (χ1n) is 8.31. The molecule has 3 amide bonds. The predicted molar refractivity (Wildman–Crippen MR) is 87.0 cm³/mol. The molecule has 0 aliphatic carbocycles. The molecular formula is C17H24N4O2. The van der Waals surface area contributed by atoms with E-state index in [0.29, 0.717) is 18.0 Å². The third kappa shape index (κ3) is 3.46. The van der Waals surface area contributed by atoms with E-state index in [1.807, 2.05) is 23.6 Å². The molecule has 0 unspecified atom stereocenters. The highest BCUT2D eigenvalue weighted by Crippen LogP contribution is 2.28. The van der Waals surface area contributed by atoms with Gasteiger partial charge >= 0.3 is 6.03 Å². The van der Waals surface area contributed by atoms with Crippen LogP contribution in [0.15, 0.2) is 24.5 Å². The van der Waals surface area contributed by atoms with E-state index in [4.69, 9.17) is 0 Å². The van der Waals surface area contributed by atoms with Crippen LogP contribution in [-0.4, -0.2) is 58.4 Å². The lowest BCUT2D eigenvalue weighted by Gasteiger charge is -2.36. The van der Waals surface area contributed by atoms with Crippen molar-refractivity contribution in [2.45, 2.75) is 38.8 Å². The molecule has 124 valence electrons. The molecule has 1 N–H and O–H groups in total. The summed E-state index contributed by atoms with van der Waals surface area (Å²) >= 11 is 0. The largest absolute Gasteiger partial charge is 0.336 e. The smallest absolute Gasteiger partial charge is 0.317 e. The molecule has 2 bridgehead atoms. The number of nitrogens with one attached hydrogen (secondary N) is 1. The van der Waals surface area contributed by atoms with Crippen molar-refractivity contribution in [3.05, 3.63) is 30.1 Å². The van der Waals surface area contributed by atoms with E-state index in [1.165, 1.54) is 0 Å². The molecule has 3 fully saturated rings. The topological polar surface area (TPSA) is 65.5 Å². The molecule has 1 aromatic rings. The van der Waals surface area contributed by atoms with Gasteiger partial charge in [-0.05, 0) is 44.7 Å². The molecule has 1 aromatic heterocycles. The van der Waals surface area contributed by atoms with E-state index in [-0.39, 0.29) is 24.0 Å². The van der Waals surface area contributed by atoms with E-state index in [2.05, 4.69) is 10.3 Å². The lowest BCUT2D eigenvalue weighted by molar-refractivity contribution is 0.0741. The van der Waals surface area contributed by atoms with E-state index >= 15 is 0 Å². The maximum atomic E-state index is 12.7. The van der Waals surface area contributed by atoms with Crippen molar-refractivity contribution in [3.63, 3.8) is 0 Å². The van der Waals surface area contributed by atoms with Crippen molar-refractivity contribution in [1.82, 2.24) is 20.1 Å². The first-order chi connectivity index (χ1) is 11.0. The Labute approximate surface area is 136 Å². The second kappa shape index (κ2) is 6.56. The summed E-state index contributed by atoms with van der Waals surface area (Å²) in [6, 6.07) is 3.80. The lowest BCUT2D eigenvalue weighted by atomic mass is 9.95. The van der Waals surface area contributed by atoms with Gasteiger partial charge in [-0.25, -0.2) is 4.79 Å². The van der Waals surface area contributed by atoms with Crippen LogP contribution in [0.3, 0.4) is 0 Å². The average molecular weight is 316 g/mol. The van der Waals surface area contributed by atoms with Gasteiger partial charge < -0.3 is 15.1 Å². The Hall–Kier alpha value is -2.11. The van der Waals surface area contributed by atoms with E-state index in [9.17, 15) is 9.59 Å². The Morgan fingerprint density at radius 3 is 2.78 bits per heavy atom. The number of nitrogens with zero attached hydrogens (tertiary/aromatic N) is 3. The first kappa shape index (κ1) is 15.8.